The maximum Gasteiger partial charge on any atom is 0.246 e. The van der Waals surface area contributed by atoms with Gasteiger partial charge in [-0.1, -0.05) is 0 Å². The lowest BCUT2D eigenvalue weighted by molar-refractivity contribution is -0.136. The molecule has 2 saturated heterocycles. The minimum absolute atomic E-state index is 0.0297. The van der Waals surface area contributed by atoms with Gasteiger partial charge in [-0.15, -0.1) is 0 Å². The van der Waals surface area contributed by atoms with Gasteiger partial charge in [0.2, 0.25) is 17.7 Å². The lowest BCUT2D eigenvalue weighted by Gasteiger charge is -2.17. The van der Waals surface area contributed by atoms with Gasteiger partial charge in [-0.25, -0.2) is 0 Å². The van der Waals surface area contributed by atoms with E-state index in [4.69, 9.17) is 5.11 Å². The van der Waals surface area contributed by atoms with E-state index in [2.05, 4.69) is 5.32 Å². The first kappa shape index (κ1) is 14.9. The average Bonchev–Trinajstić information content (AvgIpc) is 2.99. The van der Waals surface area contributed by atoms with Crippen LogP contribution in [0.4, 0.5) is 0 Å². The summed E-state index contributed by atoms with van der Waals surface area (Å²) < 4.78 is 0. The Morgan fingerprint density at radius 2 is 2.00 bits per heavy atom. The van der Waals surface area contributed by atoms with Gasteiger partial charge in [0.25, 0.3) is 0 Å². The van der Waals surface area contributed by atoms with Gasteiger partial charge in [0, 0.05) is 26.1 Å². The highest BCUT2D eigenvalue weighted by atomic mass is 16.3. The van der Waals surface area contributed by atoms with Gasteiger partial charge in [0.15, 0.2) is 0 Å². The molecule has 0 bridgehead atoms. The van der Waals surface area contributed by atoms with E-state index in [1.807, 2.05) is 4.90 Å². The van der Waals surface area contributed by atoms with Gasteiger partial charge in [-0.05, 0) is 25.3 Å². The number of aliphatic hydroxyl groups excluding tert-OH is 1. The maximum atomic E-state index is 11.7. The van der Waals surface area contributed by atoms with Crippen LogP contribution in [0.1, 0.15) is 19.3 Å². The van der Waals surface area contributed by atoms with Gasteiger partial charge >= 0.3 is 0 Å². The molecule has 2 fully saturated rings. The zero-order valence-corrected chi connectivity index (χ0v) is 11.5. The third kappa shape index (κ3) is 4.01. The van der Waals surface area contributed by atoms with Crippen molar-refractivity contribution < 1.29 is 19.5 Å². The summed E-state index contributed by atoms with van der Waals surface area (Å²) in [6.07, 6.45) is 2.13. The number of amides is 3. The Labute approximate surface area is 117 Å². The largest absolute Gasteiger partial charge is 0.396 e. The lowest BCUT2D eigenvalue weighted by atomic mass is 10.1. The summed E-state index contributed by atoms with van der Waals surface area (Å²) in [6, 6.07) is 0. The van der Waals surface area contributed by atoms with Crippen LogP contribution in [0.15, 0.2) is 0 Å². The highest BCUT2D eigenvalue weighted by Gasteiger charge is 2.25. The minimum Gasteiger partial charge on any atom is -0.396 e. The Morgan fingerprint density at radius 1 is 1.25 bits per heavy atom. The van der Waals surface area contributed by atoms with Gasteiger partial charge in [-0.2, -0.15) is 0 Å². The van der Waals surface area contributed by atoms with Crippen molar-refractivity contribution in [3.05, 3.63) is 0 Å². The lowest BCUT2D eigenvalue weighted by Crippen LogP contribution is -2.44. The molecule has 2 rings (SSSR count). The fourth-order valence-electron chi connectivity index (χ4n) is 2.69. The second kappa shape index (κ2) is 6.81. The molecule has 0 radical (unpaired) electrons. The van der Waals surface area contributed by atoms with Crippen LogP contribution in [-0.4, -0.2) is 72.0 Å². The molecule has 1 unspecified atom stereocenters. The van der Waals surface area contributed by atoms with Crippen molar-refractivity contribution in [1.29, 1.82) is 0 Å². The van der Waals surface area contributed by atoms with E-state index in [0.29, 0.717) is 19.5 Å². The molecule has 7 nitrogen and oxygen atoms in total. The van der Waals surface area contributed by atoms with Gasteiger partial charge in [0.05, 0.1) is 13.1 Å². The zero-order chi connectivity index (χ0) is 14.5. The fourth-order valence-corrected chi connectivity index (χ4v) is 2.69. The number of nitrogens with zero attached hydrogens (tertiary/aromatic N) is 2. The SMILES string of the molecule is O=C(CN1CCC(CO)C1)NC(=O)CN1CCCC1=O. The van der Waals surface area contributed by atoms with E-state index in [1.165, 1.54) is 4.90 Å². The number of carbonyl (C=O) groups is 3. The predicted octanol–water partition coefficient (Wildman–Crippen LogP) is -1.43. The number of likely N-dealkylation sites (tertiary alicyclic amines) is 2. The van der Waals surface area contributed by atoms with Gasteiger partial charge in [-0.3, -0.25) is 24.6 Å². The molecule has 0 aliphatic carbocycles. The van der Waals surface area contributed by atoms with Crippen molar-refractivity contribution in [3.8, 4) is 0 Å². The maximum absolute atomic E-state index is 11.7. The highest BCUT2D eigenvalue weighted by molar-refractivity contribution is 5.98. The first-order valence-electron chi connectivity index (χ1n) is 7.02. The third-order valence-corrected chi connectivity index (χ3v) is 3.78. The Hall–Kier alpha value is -1.47. The van der Waals surface area contributed by atoms with E-state index in [0.717, 1.165) is 19.4 Å². The molecule has 7 heteroatoms. The van der Waals surface area contributed by atoms with Crippen LogP contribution in [0.25, 0.3) is 0 Å². The molecule has 2 heterocycles. The Morgan fingerprint density at radius 3 is 2.60 bits per heavy atom. The molecule has 0 aromatic rings. The number of hydrogen-bond acceptors (Lipinski definition) is 5. The van der Waals surface area contributed by atoms with E-state index >= 15 is 0 Å². The second-order valence-corrected chi connectivity index (χ2v) is 5.46. The van der Waals surface area contributed by atoms with Crippen LogP contribution in [0.3, 0.4) is 0 Å². The summed E-state index contributed by atoms with van der Waals surface area (Å²) in [7, 11) is 0. The van der Waals surface area contributed by atoms with Crippen LogP contribution in [0, 0.1) is 5.92 Å². The van der Waals surface area contributed by atoms with Gasteiger partial charge < -0.3 is 10.0 Å². The van der Waals surface area contributed by atoms with Crippen molar-refractivity contribution in [2.75, 3.05) is 39.3 Å². The quantitative estimate of drug-likeness (QED) is 0.645. The molecule has 0 aromatic carbocycles. The molecule has 112 valence electrons. The highest BCUT2D eigenvalue weighted by Crippen LogP contribution is 2.14. The zero-order valence-electron chi connectivity index (χ0n) is 11.5. The number of nitrogens with one attached hydrogen (secondary N) is 1. The molecule has 2 N–H and O–H groups in total. The van der Waals surface area contributed by atoms with Crippen LogP contribution in [-0.2, 0) is 14.4 Å². The van der Waals surface area contributed by atoms with E-state index in [-0.39, 0.29) is 37.4 Å². The number of hydrogen-bond donors (Lipinski definition) is 2. The van der Waals surface area contributed by atoms with E-state index in [1.54, 1.807) is 0 Å². The number of imide groups is 1. The summed E-state index contributed by atoms with van der Waals surface area (Å²) in [6.45, 7) is 2.29. The fraction of sp³-hybridized carbons (Fsp3) is 0.769. The van der Waals surface area contributed by atoms with Crippen molar-refractivity contribution in [2.24, 2.45) is 5.92 Å². The number of aliphatic hydroxyl groups is 1. The summed E-state index contributed by atoms with van der Waals surface area (Å²) in [5, 5.41) is 11.3. The van der Waals surface area contributed by atoms with E-state index < -0.39 is 5.91 Å². The van der Waals surface area contributed by atoms with Crippen LogP contribution in [0.2, 0.25) is 0 Å². The minimum atomic E-state index is -0.428. The molecule has 0 saturated carbocycles. The van der Waals surface area contributed by atoms with Crippen molar-refractivity contribution in [1.82, 2.24) is 15.1 Å². The molecule has 0 spiro atoms. The molecule has 1 atom stereocenters. The van der Waals surface area contributed by atoms with Crippen LogP contribution < -0.4 is 5.32 Å². The average molecular weight is 283 g/mol. The monoisotopic (exact) mass is 283 g/mol. The molecule has 2 aliphatic heterocycles. The normalized spacial score (nSPS) is 23.4. The summed E-state index contributed by atoms with van der Waals surface area (Å²) in [5.74, 6) is -0.581. The molecular weight excluding hydrogens is 262 g/mol. The Kier molecular flexibility index (Phi) is 5.08. The molecule has 2 aliphatic rings. The number of rotatable bonds is 5. The predicted molar refractivity (Wildman–Crippen MR) is 70.6 cm³/mol. The smallest absolute Gasteiger partial charge is 0.246 e. The topological polar surface area (TPSA) is 90.0 Å². The van der Waals surface area contributed by atoms with Crippen molar-refractivity contribution in [2.45, 2.75) is 19.3 Å². The third-order valence-electron chi connectivity index (χ3n) is 3.78. The first-order valence-corrected chi connectivity index (χ1v) is 7.02. The summed E-state index contributed by atoms with van der Waals surface area (Å²) in [4.78, 5) is 38.2. The molecule has 3 amide bonds. The molecular formula is C13H21N3O4. The molecule has 20 heavy (non-hydrogen) atoms. The van der Waals surface area contributed by atoms with E-state index in [9.17, 15) is 14.4 Å². The summed E-state index contributed by atoms with van der Waals surface area (Å²) >= 11 is 0. The number of carbonyl (C=O) groups excluding carboxylic acids is 3. The Bertz CT molecular complexity index is 399. The second-order valence-electron chi connectivity index (χ2n) is 5.46. The van der Waals surface area contributed by atoms with Crippen molar-refractivity contribution in [3.63, 3.8) is 0 Å². The van der Waals surface area contributed by atoms with Crippen LogP contribution >= 0.6 is 0 Å². The van der Waals surface area contributed by atoms with Gasteiger partial charge in [0.1, 0.15) is 0 Å². The van der Waals surface area contributed by atoms with Crippen LogP contribution in [0.5, 0.6) is 0 Å². The Balaban J connectivity index is 1.69. The first-order chi connectivity index (χ1) is 9.58. The van der Waals surface area contributed by atoms with Crippen molar-refractivity contribution >= 4 is 17.7 Å². The molecule has 0 aromatic heterocycles. The summed E-state index contributed by atoms with van der Waals surface area (Å²) in [5.41, 5.74) is 0. The standard InChI is InChI=1S/C13H21N3O4/c17-9-10-3-5-15(6-10)7-11(18)14-12(19)8-16-4-1-2-13(16)20/h10,17H,1-9H2,(H,14,18,19).